The first-order chi connectivity index (χ1) is 35.2. The van der Waals surface area contributed by atoms with E-state index in [0.29, 0.717) is 51.9 Å². The third kappa shape index (κ3) is 13.2. The molecule has 0 fully saturated rings. The fourth-order valence-corrected chi connectivity index (χ4v) is 9.77. The number of hydrogen-bond acceptors (Lipinski definition) is 15. The average Bonchev–Trinajstić information content (AvgIpc) is 3.35. The molecule has 0 unspecified atom stereocenters. The summed E-state index contributed by atoms with van der Waals surface area (Å²) in [5.41, 5.74) is -0.223. The molecule has 0 bridgehead atoms. The summed E-state index contributed by atoms with van der Waals surface area (Å²) in [5.74, 6) is -1.83. The average molecular weight is 1120 g/mol. The molecule has 0 radical (unpaired) electrons. The van der Waals surface area contributed by atoms with Crippen LogP contribution >= 0.6 is 23.2 Å². The number of hydrogen-bond donors (Lipinski definition) is 4. The number of aliphatic imine (C=N–C) groups is 1. The van der Waals surface area contributed by atoms with Crippen molar-refractivity contribution in [3.63, 3.8) is 0 Å². The van der Waals surface area contributed by atoms with Gasteiger partial charge in [0, 0.05) is 10.8 Å². The fraction of sp³-hybridized carbons (Fsp3) is 0.115. The van der Waals surface area contributed by atoms with Gasteiger partial charge in [-0.05, 0) is 110 Å². The molecule has 23 heteroatoms. The van der Waals surface area contributed by atoms with Gasteiger partial charge in [-0.1, -0.05) is 114 Å². The van der Waals surface area contributed by atoms with E-state index in [-0.39, 0.29) is 98.5 Å². The molecule has 8 rings (SSSR count). The minimum Gasteiger partial charge on any atom is -0.871 e. The van der Waals surface area contributed by atoms with Crippen LogP contribution in [0.15, 0.2) is 169 Å². The number of halogens is 2. The van der Waals surface area contributed by atoms with Crippen molar-refractivity contribution in [1.29, 1.82) is 0 Å². The Morgan fingerprint density at radius 1 is 0.613 bits per heavy atom. The van der Waals surface area contributed by atoms with Gasteiger partial charge >= 0.3 is 37.7 Å². The van der Waals surface area contributed by atoms with Crippen molar-refractivity contribution in [2.45, 2.75) is 37.5 Å². The maximum Gasteiger partial charge on any atom is 2.00 e. The SMILES string of the molecule is CCOc1ccccc1N=C([O-])c1cc2ccccc2c(N=Nc2c(Cl)ccc(C)c2S(=O)(=O)O)c1[O-].CCOc1ccccc1NC(=O)c1cc2ccccc2c(N=Nc2c(Cl)ccc(C)c2S(=O)(=O)O)c1O.[Ca+2]. The molecular weight excluding hydrogens is 1080 g/mol. The second-order valence-corrected chi connectivity index (χ2v) is 19.3. The molecule has 4 N–H and O–H groups in total. The predicted molar refractivity (Wildman–Crippen MR) is 284 cm³/mol. The number of benzene rings is 8. The van der Waals surface area contributed by atoms with Crippen LogP contribution in [0.5, 0.6) is 23.0 Å². The molecule has 8 aromatic rings. The zero-order valence-electron chi connectivity index (χ0n) is 40.1. The van der Waals surface area contributed by atoms with Gasteiger partial charge in [-0.25, -0.2) is 0 Å². The summed E-state index contributed by atoms with van der Waals surface area (Å²) < 4.78 is 78.4. The van der Waals surface area contributed by atoms with Crippen molar-refractivity contribution < 1.29 is 55.5 Å². The van der Waals surface area contributed by atoms with Crippen LogP contribution in [-0.2, 0) is 20.2 Å². The first-order valence-electron chi connectivity index (χ1n) is 22.1. The molecule has 0 spiro atoms. The summed E-state index contributed by atoms with van der Waals surface area (Å²) in [6.07, 6.45) is 0. The smallest absolute Gasteiger partial charge is 0.871 e. The Kier molecular flexibility index (Phi) is 19.0. The second kappa shape index (κ2) is 24.7. The van der Waals surface area contributed by atoms with Crippen molar-refractivity contribution in [3.8, 4) is 23.0 Å². The Morgan fingerprint density at radius 3 is 1.60 bits per heavy atom. The summed E-state index contributed by atoms with van der Waals surface area (Å²) in [7, 11) is -9.39. The number of nitrogens with one attached hydrogen (secondary N) is 1. The Hall–Kier alpha value is -6.72. The van der Waals surface area contributed by atoms with Crippen molar-refractivity contribution in [3.05, 3.63) is 166 Å². The molecule has 0 heterocycles. The van der Waals surface area contributed by atoms with Crippen LogP contribution in [0.1, 0.15) is 40.9 Å². The molecule has 18 nitrogen and oxygen atoms in total. The first kappa shape index (κ1) is 57.6. The van der Waals surface area contributed by atoms with Gasteiger partial charge in [0.05, 0.1) is 40.2 Å². The Labute approximate surface area is 470 Å². The monoisotopic (exact) mass is 1120 g/mol. The van der Waals surface area contributed by atoms with Crippen molar-refractivity contribution in [2.24, 2.45) is 25.4 Å². The maximum atomic E-state index is 13.4. The normalized spacial score (nSPS) is 11.9. The van der Waals surface area contributed by atoms with Gasteiger partial charge in [0.15, 0.2) is 5.75 Å². The molecule has 0 saturated carbocycles. The molecule has 75 heavy (non-hydrogen) atoms. The van der Waals surface area contributed by atoms with E-state index in [4.69, 9.17) is 32.7 Å². The van der Waals surface area contributed by atoms with Gasteiger partial charge in [-0.15, -0.1) is 15.3 Å². The van der Waals surface area contributed by atoms with Crippen molar-refractivity contribution >= 4 is 149 Å². The summed E-state index contributed by atoms with van der Waals surface area (Å²) in [6.45, 7) is 7.29. The largest absolute Gasteiger partial charge is 2.00 e. The van der Waals surface area contributed by atoms with Crippen molar-refractivity contribution in [1.82, 2.24) is 0 Å². The summed E-state index contributed by atoms with van der Waals surface area (Å²) >= 11 is 12.3. The number of fused-ring (bicyclic) bond motifs is 2. The molecule has 0 saturated heterocycles. The molecule has 0 aliphatic heterocycles. The molecule has 0 aliphatic carbocycles. The number of para-hydroxylation sites is 4. The number of nitrogens with zero attached hydrogens (tertiary/aromatic N) is 5. The van der Waals surface area contributed by atoms with E-state index in [1.165, 1.54) is 50.2 Å². The van der Waals surface area contributed by atoms with Crippen molar-refractivity contribution in [2.75, 3.05) is 18.5 Å². The molecular formula is C52H42CaCl2N6O12S2. The molecule has 0 aliphatic rings. The summed E-state index contributed by atoms with van der Waals surface area (Å²) in [5, 5.41) is 58.1. The number of carbonyl (C=O) groups is 1. The fourth-order valence-electron chi connectivity index (χ4n) is 7.53. The number of carbonyl (C=O) groups excluding carboxylic acids is 1. The number of aryl methyl sites for hydroxylation is 2. The standard InChI is InChI=1S/2C26H22ClN3O6S.Ca/c2*1-3-36-21-11-7-6-10-20(21)28-26(32)18-14-16-8-4-5-9-17(16)22(24(18)31)29-30-23-19(27)13-12-15(2)25(23)37(33,34)35;/h2*4-14,31H,3H2,1-2H3,(H,28,32)(H,33,34,35);/q;;+2/p-2. The number of phenols is 1. The van der Waals surface area contributed by atoms with Crippen LogP contribution in [0.2, 0.25) is 10.0 Å². The zero-order valence-corrected chi connectivity index (χ0v) is 45.5. The van der Waals surface area contributed by atoms with E-state index in [1.807, 2.05) is 6.92 Å². The van der Waals surface area contributed by atoms with Gasteiger partial charge in [-0.2, -0.15) is 21.9 Å². The van der Waals surface area contributed by atoms with E-state index in [1.54, 1.807) is 104 Å². The molecule has 0 atom stereocenters. The third-order valence-electron chi connectivity index (χ3n) is 10.8. The van der Waals surface area contributed by atoms with E-state index < -0.39 is 53.3 Å². The Bertz CT molecular complexity index is 3830. The van der Waals surface area contributed by atoms with E-state index >= 15 is 0 Å². The molecule has 380 valence electrons. The zero-order chi connectivity index (χ0) is 53.5. The van der Waals surface area contributed by atoms with Crippen LogP contribution in [0.3, 0.4) is 0 Å². The van der Waals surface area contributed by atoms with Crippen LogP contribution < -0.4 is 25.0 Å². The Balaban J connectivity index is 0.000000241. The van der Waals surface area contributed by atoms with E-state index in [9.17, 15) is 46.1 Å². The van der Waals surface area contributed by atoms with Gasteiger partial charge in [-0.3, -0.25) is 18.9 Å². The quantitative estimate of drug-likeness (QED) is 0.0260. The van der Waals surface area contributed by atoms with Crippen LogP contribution in [0.4, 0.5) is 34.1 Å². The van der Waals surface area contributed by atoms with Crippen LogP contribution in [0.25, 0.3) is 21.5 Å². The minimum atomic E-state index is -4.71. The molecule has 8 aromatic carbocycles. The number of amides is 1. The topological polar surface area (TPSA) is 284 Å². The van der Waals surface area contributed by atoms with Crippen LogP contribution in [-0.4, -0.2) is 93.8 Å². The molecule has 1 amide bonds. The summed E-state index contributed by atoms with van der Waals surface area (Å²) in [6, 6.07) is 35.6. The summed E-state index contributed by atoms with van der Waals surface area (Å²) in [4.78, 5) is 16.3. The predicted octanol–water partition coefficient (Wildman–Crippen LogP) is 11.8. The van der Waals surface area contributed by atoms with E-state index in [2.05, 4.69) is 30.8 Å². The second-order valence-electron chi connectivity index (χ2n) is 15.8. The minimum absolute atomic E-state index is 0. The van der Waals surface area contributed by atoms with Gasteiger partial charge < -0.3 is 30.1 Å². The number of aromatic hydroxyl groups is 1. The number of rotatable bonds is 14. The Morgan fingerprint density at radius 2 is 1.05 bits per heavy atom. The van der Waals surface area contributed by atoms with Gasteiger partial charge in [0.1, 0.15) is 44.0 Å². The first-order valence-corrected chi connectivity index (χ1v) is 25.7. The van der Waals surface area contributed by atoms with Crippen LogP contribution in [0, 0.1) is 13.8 Å². The van der Waals surface area contributed by atoms with Gasteiger partial charge in [0.25, 0.3) is 26.1 Å². The number of anilines is 1. The third-order valence-corrected chi connectivity index (χ3v) is 13.5. The van der Waals surface area contributed by atoms with Gasteiger partial charge in [0.2, 0.25) is 0 Å². The number of ether oxygens (including phenoxy) is 2. The molecule has 0 aromatic heterocycles. The number of azo groups is 2. The number of phenolic OH excluding ortho intramolecular Hbond substituents is 1. The maximum absolute atomic E-state index is 13.4. The van der Waals surface area contributed by atoms with E-state index in [0.717, 1.165) is 0 Å².